The molecule has 2 fully saturated rings. The van der Waals surface area contributed by atoms with Crippen LogP contribution in [-0.2, 0) is 4.79 Å². The first kappa shape index (κ1) is 21.4. The molecule has 2 amide bonds. The molecule has 0 aromatic heterocycles. The third kappa shape index (κ3) is 6.07. The molecule has 1 heterocycles. The first-order valence-electron chi connectivity index (χ1n) is 11.3. The SMILES string of the molecule is Cc1cccc(N2CCN(CCCNC(=O)c3cccc(NC(=O)C4CC4)c3)CC2)c1. The molecule has 0 spiro atoms. The quantitative estimate of drug-likeness (QED) is 0.644. The second-order valence-corrected chi connectivity index (χ2v) is 8.62. The molecule has 2 aromatic carbocycles. The molecule has 2 N–H and O–H groups in total. The van der Waals surface area contributed by atoms with Gasteiger partial charge in [0.2, 0.25) is 5.91 Å². The van der Waals surface area contributed by atoms with Crippen molar-refractivity contribution in [2.24, 2.45) is 5.92 Å². The van der Waals surface area contributed by atoms with Crippen molar-refractivity contribution in [1.29, 1.82) is 0 Å². The van der Waals surface area contributed by atoms with Crippen molar-refractivity contribution in [3.05, 3.63) is 59.7 Å². The van der Waals surface area contributed by atoms with Crippen LogP contribution < -0.4 is 15.5 Å². The summed E-state index contributed by atoms with van der Waals surface area (Å²) in [5, 5.41) is 5.90. The molecule has 1 aliphatic heterocycles. The van der Waals surface area contributed by atoms with E-state index < -0.39 is 0 Å². The van der Waals surface area contributed by atoms with Crippen LogP contribution in [0.2, 0.25) is 0 Å². The number of hydrogen-bond acceptors (Lipinski definition) is 4. The van der Waals surface area contributed by atoms with Gasteiger partial charge in [0.1, 0.15) is 0 Å². The zero-order valence-electron chi connectivity index (χ0n) is 18.3. The number of amides is 2. The number of carbonyl (C=O) groups is 2. The van der Waals surface area contributed by atoms with Crippen molar-refractivity contribution >= 4 is 23.2 Å². The van der Waals surface area contributed by atoms with E-state index in [2.05, 4.69) is 51.6 Å². The van der Waals surface area contributed by atoms with Gasteiger partial charge in [-0.05, 0) is 68.6 Å². The normalized spacial score (nSPS) is 16.7. The Hall–Kier alpha value is -2.86. The summed E-state index contributed by atoms with van der Waals surface area (Å²) in [6.45, 7) is 7.93. The van der Waals surface area contributed by atoms with Crippen LogP contribution >= 0.6 is 0 Å². The number of rotatable bonds is 8. The maximum absolute atomic E-state index is 12.5. The number of carbonyl (C=O) groups excluding carboxylic acids is 2. The van der Waals surface area contributed by atoms with Gasteiger partial charge in [0, 0.05) is 55.6 Å². The third-order valence-electron chi connectivity index (χ3n) is 6.02. The number of piperazine rings is 1. The lowest BCUT2D eigenvalue weighted by Crippen LogP contribution is -2.47. The van der Waals surface area contributed by atoms with Crippen molar-refractivity contribution in [3.63, 3.8) is 0 Å². The predicted octanol–water partition coefficient (Wildman–Crippen LogP) is 3.29. The minimum atomic E-state index is -0.0909. The number of anilines is 2. The van der Waals surface area contributed by atoms with Crippen LogP contribution in [0.25, 0.3) is 0 Å². The molecule has 1 saturated heterocycles. The van der Waals surface area contributed by atoms with Crippen LogP contribution in [0, 0.1) is 12.8 Å². The van der Waals surface area contributed by atoms with E-state index in [0.29, 0.717) is 17.8 Å². The van der Waals surface area contributed by atoms with Crippen LogP contribution in [0.1, 0.15) is 35.2 Å². The molecule has 6 nitrogen and oxygen atoms in total. The van der Waals surface area contributed by atoms with Crippen LogP contribution in [0.15, 0.2) is 48.5 Å². The smallest absolute Gasteiger partial charge is 0.251 e. The number of benzene rings is 2. The first-order chi connectivity index (χ1) is 15.1. The highest BCUT2D eigenvalue weighted by Crippen LogP contribution is 2.30. The molecule has 164 valence electrons. The summed E-state index contributed by atoms with van der Waals surface area (Å²) in [5.74, 6) is 0.114. The summed E-state index contributed by atoms with van der Waals surface area (Å²) in [7, 11) is 0. The Balaban J connectivity index is 1.16. The fourth-order valence-corrected chi connectivity index (χ4v) is 3.99. The van der Waals surface area contributed by atoms with Gasteiger partial charge in [0.25, 0.3) is 5.91 Å². The molecule has 1 aliphatic carbocycles. The zero-order chi connectivity index (χ0) is 21.6. The lowest BCUT2D eigenvalue weighted by atomic mass is 10.1. The molecule has 31 heavy (non-hydrogen) atoms. The molecule has 2 aromatic rings. The highest BCUT2D eigenvalue weighted by Gasteiger charge is 2.29. The van der Waals surface area contributed by atoms with Crippen molar-refractivity contribution in [2.75, 3.05) is 49.5 Å². The number of nitrogens with one attached hydrogen (secondary N) is 2. The predicted molar refractivity (Wildman–Crippen MR) is 125 cm³/mol. The van der Waals surface area contributed by atoms with E-state index in [4.69, 9.17) is 0 Å². The Morgan fingerprint density at radius 3 is 2.52 bits per heavy atom. The molecule has 0 atom stereocenters. The second kappa shape index (κ2) is 9.96. The standard InChI is InChI=1S/C25H32N4O2/c1-19-5-2-8-23(17-19)29-15-13-28(14-16-29)12-4-11-26-24(30)21-6-3-7-22(18-21)27-25(31)20-9-10-20/h2-3,5-8,17-18,20H,4,9-16H2,1H3,(H,26,30)(H,27,31). The third-order valence-corrected chi connectivity index (χ3v) is 6.02. The van der Waals surface area contributed by atoms with E-state index in [1.165, 1.54) is 11.3 Å². The molecule has 6 heteroatoms. The van der Waals surface area contributed by atoms with Gasteiger partial charge in [-0.3, -0.25) is 14.5 Å². The number of aryl methyl sites for hydroxylation is 1. The van der Waals surface area contributed by atoms with Crippen LogP contribution in [0.3, 0.4) is 0 Å². The summed E-state index contributed by atoms with van der Waals surface area (Å²) in [6, 6.07) is 15.9. The van der Waals surface area contributed by atoms with Gasteiger partial charge in [-0.1, -0.05) is 18.2 Å². The molecule has 4 rings (SSSR count). The maximum Gasteiger partial charge on any atom is 0.251 e. The minimum absolute atomic E-state index is 0.0556. The van der Waals surface area contributed by atoms with Gasteiger partial charge in [-0.15, -0.1) is 0 Å². The van der Waals surface area contributed by atoms with Crippen LogP contribution in [0.4, 0.5) is 11.4 Å². The van der Waals surface area contributed by atoms with E-state index in [1.807, 2.05) is 12.1 Å². The van der Waals surface area contributed by atoms with E-state index in [9.17, 15) is 9.59 Å². The second-order valence-electron chi connectivity index (χ2n) is 8.62. The molecular weight excluding hydrogens is 388 g/mol. The van der Waals surface area contributed by atoms with Gasteiger partial charge in [0.15, 0.2) is 0 Å². The minimum Gasteiger partial charge on any atom is -0.369 e. The van der Waals surface area contributed by atoms with Gasteiger partial charge < -0.3 is 15.5 Å². The zero-order valence-corrected chi connectivity index (χ0v) is 18.3. The number of nitrogens with zero attached hydrogens (tertiary/aromatic N) is 2. The van der Waals surface area contributed by atoms with Gasteiger partial charge in [-0.25, -0.2) is 0 Å². The largest absolute Gasteiger partial charge is 0.369 e. The monoisotopic (exact) mass is 420 g/mol. The average Bonchev–Trinajstić information content (AvgIpc) is 3.63. The average molecular weight is 421 g/mol. The Kier molecular flexibility index (Phi) is 6.87. The van der Waals surface area contributed by atoms with Crippen molar-refractivity contribution in [1.82, 2.24) is 10.2 Å². The van der Waals surface area contributed by atoms with E-state index >= 15 is 0 Å². The maximum atomic E-state index is 12.5. The summed E-state index contributed by atoms with van der Waals surface area (Å²) >= 11 is 0. The summed E-state index contributed by atoms with van der Waals surface area (Å²) in [4.78, 5) is 29.3. The first-order valence-corrected chi connectivity index (χ1v) is 11.3. The summed E-state index contributed by atoms with van der Waals surface area (Å²) in [6.07, 6.45) is 2.86. The summed E-state index contributed by atoms with van der Waals surface area (Å²) in [5.41, 5.74) is 3.88. The Labute approximate surface area is 184 Å². The van der Waals surface area contributed by atoms with Crippen molar-refractivity contribution < 1.29 is 9.59 Å². The molecule has 0 bridgehead atoms. The number of hydrogen-bond donors (Lipinski definition) is 2. The van der Waals surface area contributed by atoms with E-state index in [0.717, 1.165) is 52.0 Å². The highest BCUT2D eigenvalue weighted by molar-refractivity contribution is 5.98. The topological polar surface area (TPSA) is 64.7 Å². The lowest BCUT2D eigenvalue weighted by molar-refractivity contribution is -0.117. The van der Waals surface area contributed by atoms with Gasteiger partial charge >= 0.3 is 0 Å². The molecular formula is C25H32N4O2. The van der Waals surface area contributed by atoms with Crippen molar-refractivity contribution in [3.8, 4) is 0 Å². The molecule has 0 radical (unpaired) electrons. The Morgan fingerprint density at radius 2 is 1.77 bits per heavy atom. The highest BCUT2D eigenvalue weighted by atomic mass is 16.2. The van der Waals surface area contributed by atoms with Gasteiger partial charge in [-0.2, -0.15) is 0 Å². The van der Waals surface area contributed by atoms with Gasteiger partial charge in [0.05, 0.1) is 0 Å². The van der Waals surface area contributed by atoms with E-state index in [-0.39, 0.29) is 17.7 Å². The van der Waals surface area contributed by atoms with Crippen LogP contribution in [0.5, 0.6) is 0 Å². The Morgan fingerprint density at radius 1 is 1.00 bits per heavy atom. The van der Waals surface area contributed by atoms with Crippen LogP contribution in [-0.4, -0.2) is 56.0 Å². The fraction of sp³-hybridized carbons (Fsp3) is 0.440. The molecule has 2 aliphatic rings. The summed E-state index contributed by atoms with van der Waals surface area (Å²) < 4.78 is 0. The fourth-order valence-electron chi connectivity index (χ4n) is 3.99. The van der Waals surface area contributed by atoms with E-state index in [1.54, 1.807) is 12.1 Å². The van der Waals surface area contributed by atoms with Crippen molar-refractivity contribution in [2.45, 2.75) is 26.2 Å². The Bertz CT molecular complexity index is 917. The molecule has 1 saturated carbocycles. The lowest BCUT2D eigenvalue weighted by Gasteiger charge is -2.36. The molecule has 0 unspecified atom stereocenters.